The van der Waals surface area contributed by atoms with Gasteiger partial charge in [0.2, 0.25) is 0 Å². The molecule has 1 fully saturated rings. The van der Waals surface area contributed by atoms with Crippen molar-refractivity contribution in [3.05, 3.63) is 88.3 Å². The third kappa shape index (κ3) is 5.03. The number of benzene rings is 2. The maximum absolute atomic E-state index is 14.7. The van der Waals surface area contributed by atoms with Crippen LogP contribution in [0.3, 0.4) is 0 Å². The maximum Gasteiger partial charge on any atom is 0.407 e. The van der Waals surface area contributed by atoms with Gasteiger partial charge in [0.1, 0.15) is 5.82 Å². The lowest BCUT2D eigenvalue weighted by atomic mass is 9.83. The van der Waals surface area contributed by atoms with E-state index in [1.54, 1.807) is 36.4 Å². The number of carbonyl (C=O) groups is 1. The van der Waals surface area contributed by atoms with E-state index in [0.717, 1.165) is 11.6 Å². The molecule has 1 amide bonds. The Morgan fingerprint density at radius 1 is 1.06 bits per heavy atom. The highest BCUT2D eigenvalue weighted by Crippen LogP contribution is 2.36. The van der Waals surface area contributed by atoms with Gasteiger partial charge in [-0.15, -0.1) is 10.2 Å². The smallest absolute Gasteiger partial charge is 0.407 e. The first-order valence-electron chi connectivity index (χ1n) is 10.3. The molecule has 0 unspecified atom stereocenters. The maximum atomic E-state index is 14.7. The van der Waals surface area contributed by atoms with Gasteiger partial charge < -0.3 is 10.0 Å². The van der Waals surface area contributed by atoms with Crippen LogP contribution in [0.2, 0.25) is 5.15 Å². The number of anilines is 1. The second-order valence-electron chi connectivity index (χ2n) is 7.81. The summed E-state index contributed by atoms with van der Waals surface area (Å²) in [4.78, 5) is 15.3. The summed E-state index contributed by atoms with van der Waals surface area (Å²) in [6, 6.07) is 12.7. The molecule has 1 saturated heterocycles. The zero-order valence-corrected chi connectivity index (χ0v) is 18.1. The van der Waals surface area contributed by atoms with Crippen LogP contribution in [0.5, 0.6) is 0 Å². The average Bonchev–Trinajstić information content (AvgIpc) is 2.81. The van der Waals surface area contributed by atoms with Crippen LogP contribution in [0.4, 0.5) is 23.8 Å². The van der Waals surface area contributed by atoms with Crippen LogP contribution in [-0.2, 0) is 6.54 Å². The average molecular weight is 477 g/mol. The lowest BCUT2D eigenvalue weighted by molar-refractivity contribution is 0.106. The summed E-state index contributed by atoms with van der Waals surface area (Å²) in [5.41, 5.74) is 0.688. The number of aromatic nitrogens is 2. The largest absolute Gasteiger partial charge is 0.465 e. The van der Waals surface area contributed by atoms with Crippen molar-refractivity contribution >= 4 is 23.5 Å². The van der Waals surface area contributed by atoms with Gasteiger partial charge in [0.25, 0.3) is 0 Å². The molecule has 0 radical (unpaired) electrons. The molecule has 1 aliphatic heterocycles. The number of hydrogen-bond acceptors (Lipinski definition) is 4. The minimum atomic E-state index is -1.29. The van der Waals surface area contributed by atoms with Crippen molar-refractivity contribution in [3.63, 3.8) is 0 Å². The summed E-state index contributed by atoms with van der Waals surface area (Å²) >= 11 is 5.82. The van der Waals surface area contributed by atoms with Crippen LogP contribution in [-0.4, -0.2) is 45.4 Å². The molecule has 0 bridgehead atoms. The molecule has 1 N–H and O–H groups in total. The molecular weight excluding hydrogens is 457 g/mol. The number of nitrogens with zero attached hydrogens (tertiary/aromatic N) is 4. The zero-order valence-electron chi connectivity index (χ0n) is 17.3. The summed E-state index contributed by atoms with van der Waals surface area (Å²) in [5, 5.41) is 18.2. The molecule has 1 aromatic heterocycles. The Labute approximate surface area is 193 Å². The SMILES string of the molecule is O=C(O)N(Cc1ccccc1)[C@H]1CN(c2ccc(Cl)nn2)CC[C@@H]1c1cc(F)c(F)cc1F. The molecule has 0 spiro atoms. The molecule has 2 aromatic carbocycles. The molecule has 172 valence electrons. The number of hydrogen-bond donors (Lipinski definition) is 1. The highest BCUT2D eigenvalue weighted by Gasteiger charge is 2.39. The van der Waals surface area contributed by atoms with E-state index >= 15 is 0 Å². The summed E-state index contributed by atoms with van der Waals surface area (Å²) in [6.45, 7) is 0.579. The molecule has 33 heavy (non-hydrogen) atoms. The van der Waals surface area contributed by atoms with Crippen molar-refractivity contribution in [2.45, 2.75) is 24.9 Å². The minimum Gasteiger partial charge on any atom is -0.465 e. The van der Waals surface area contributed by atoms with E-state index in [2.05, 4.69) is 10.2 Å². The van der Waals surface area contributed by atoms with Crippen molar-refractivity contribution in [1.82, 2.24) is 15.1 Å². The molecular formula is C23H20ClF3N4O2. The Balaban J connectivity index is 1.72. The fraction of sp³-hybridized carbons (Fsp3) is 0.261. The Bertz CT molecular complexity index is 1130. The molecule has 2 atom stereocenters. The van der Waals surface area contributed by atoms with Crippen LogP contribution in [0.1, 0.15) is 23.5 Å². The van der Waals surface area contributed by atoms with Crippen LogP contribution in [0, 0.1) is 17.5 Å². The Kier molecular flexibility index (Phi) is 6.69. The highest BCUT2D eigenvalue weighted by molar-refractivity contribution is 6.29. The van der Waals surface area contributed by atoms with E-state index in [1.165, 1.54) is 4.90 Å². The molecule has 3 aromatic rings. The summed E-state index contributed by atoms with van der Waals surface area (Å²) in [5.74, 6) is -3.59. The van der Waals surface area contributed by atoms with Crippen molar-refractivity contribution in [2.75, 3.05) is 18.0 Å². The highest BCUT2D eigenvalue weighted by atomic mass is 35.5. The van der Waals surface area contributed by atoms with Gasteiger partial charge in [0.15, 0.2) is 22.6 Å². The fourth-order valence-corrected chi connectivity index (χ4v) is 4.33. The van der Waals surface area contributed by atoms with Gasteiger partial charge in [-0.25, -0.2) is 18.0 Å². The number of halogens is 4. The third-order valence-corrected chi connectivity index (χ3v) is 6.01. The zero-order chi connectivity index (χ0) is 23.5. The second-order valence-corrected chi connectivity index (χ2v) is 8.19. The Morgan fingerprint density at radius 2 is 1.79 bits per heavy atom. The van der Waals surface area contributed by atoms with Gasteiger partial charge in [-0.2, -0.15) is 0 Å². The molecule has 1 aliphatic rings. The number of amides is 1. The quantitative estimate of drug-likeness (QED) is 0.519. The second kappa shape index (κ2) is 9.66. The number of piperidine rings is 1. The van der Waals surface area contributed by atoms with E-state index in [0.29, 0.717) is 18.4 Å². The standard InChI is InChI=1S/C23H20ClF3N4O2/c24-21-6-7-22(29-28-21)30-9-8-15(16-10-18(26)19(27)11-17(16)25)20(13-30)31(23(32)33)12-14-4-2-1-3-5-14/h1-7,10-11,15,20H,8-9,12-13H2,(H,32,33)/t15-,20+/m1/s1. The monoisotopic (exact) mass is 476 g/mol. The predicted octanol–water partition coefficient (Wildman–Crippen LogP) is 5.09. The van der Waals surface area contributed by atoms with E-state index in [9.17, 15) is 23.1 Å². The molecule has 0 aliphatic carbocycles. The fourth-order valence-electron chi connectivity index (χ4n) is 4.22. The summed E-state index contributed by atoms with van der Waals surface area (Å²) < 4.78 is 42.3. The summed E-state index contributed by atoms with van der Waals surface area (Å²) in [6.07, 6.45) is -0.920. The first-order chi connectivity index (χ1) is 15.8. The minimum absolute atomic E-state index is 0.0444. The van der Waals surface area contributed by atoms with Crippen LogP contribution >= 0.6 is 11.6 Å². The molecule has 10 heteroatoms. The molecule has 6 nitrogen and oxygen atoms in total. The van der Waals surface area contributed by atoms with E-state index in [-0.39, 0.29) is 30.2 Å². The van der Waals surface area contributed by atoms with Crippen molar-refractivity contribution in [1.29, 1.82) is 0 Å². The van der Waals surface area contributed by atoms with Crippen LogP contribution < -0.4 is 4.90 Å². The molecule has 4 rings (SSSR count). The van der Waals surface area contributed by atoms with E-state index in [1.807, 2.05) is 11.0 Å². The third-order valence-electron chi connectivity index (χ3n) is 5.80. The van der Waals surface area contributed by atoms with Crippen LogP contribution in [0.15, 0.2) is 54.6 Å². The van der Waals surface area contributed by atoms with Gasteiger partial charge in [0.05, 0.1) is 6.04 Å². The topological polar surface area (TPSA) is 69.6 Å². The van der Waals surface area contributed by atoms with E-state index in [4.69, 9.17) is 11.6 Å². The first kappa shape index (κ1) is 22.8. The summed E-state index contributed by atoms with van der Waals surface area (Å²) in [7, 11) is 0. The Hall–Kier alpha value is -3.33. The lowest BCUT2D eigenvalue weighted by Crippen LogP contribution is -2.53. The molecule has 2 heterocycles. The van der Waals surface area contributed by atoms with Gasteiger partial charge in [-0.1, -0.05) is 41.9 Å². The van der Waals surface area contributed by atoms with E-state index < -0.39 is 35.5 Å². The predicted molar refractivity (Wildman–Crippen MR) is 117 cm³/mol. The van der Waals surface area contributed by atoms with Crippen molar-refractivity contribution in [3.8, 4) is 0 Å². The van der Waals surface area contributed by atoms with Gasteiger partial charge in [0, 0.05) is 31.6 Å². The van der Waals surface area contributed by atoms with Gasteiger partial charge >= 0.3 is 6.09 Å². The van der Waals surface area contributed by atoms with Gasteiger partial charge in [-0.3, -0.25) is 4.90 Å². The van der Waals surface area contributed by atoms with Crippen LogP contribution in [0.25, 0.3) is 0 Å². The first-order valence-corrected chi connectivity index (χ1v) is 10.6. The number of rotatable bonds is 5. The van der Waals surface area contributed by atoms with Gasteiger partial charge in [-0.05, 0) is 35.7 Å². The van der Waals surface area contributed by atoms with Crippen molar-refractivity contribution < 1.29 is 23.1 Å². The number of carboxylic acid groups (broad SMARTS) is 1. The molecule has 0 saturated carbocycles. The normalized spacial score (nSPS) is 18.2. The Morgan fingerprint density at radius 3 is 2.45 bits per heavy atom. The van der Waals surface area contributed by atoms with Crippen molar-refractivity contribution in [2.24, 2.45) is 0 Å². The lowest BCUT2D eigenvalue weighted by Gasteiger charge is -2.43.